The number of H-pyrrole nitrogens is 1. The van der Waals surface area contributed by atoms with Crippen LogP contribution < -0.4 is 10.6 Å². The number of hydrogen-bond acceptors (Lipinski definition) is 3. The van der Waals surface area contributed by atoms with Crippen molar-refractivity contribution in [1.82, 2.24) is 10.2 Å². The van der Waals surface area contributed by atoms with E-state index in [0.717, 1.165) is 22.2 Å². The second-order valence-electron chi connectivity index (χ2n) is 4.97. The number of carbonyl (C=O) groups excluding carboxylic acids is 1. The molecule has 104 valence electrons. The minimum atomic E-state index is -0.523. The van der Waals surface area contributed by atoms with Gasteiger partial charge >= 0.3 is 0 Å². The van der Waals surface area contributed by atoms with Gasteiger partial charge in [0.2, 0.25) is 0 Å². The lowest BCUT2D eigenvalue weighted by atomic mass is 10.1. The van der Waals surface area contributed by atoms with Crippen LogP contribution in [0.4, 0.5) is 15.8 Å². The summed E-state index contributed by atoms with van der Waals surface area (Å²) in [6, 6.07) is 9.45. The van der Waals surface area contributed by atoms with Crippen molar-refractivity contribution in [2.75, 3.05) is 10.6 Å². The van der Waals surface area contributed by atoms with E-state index in [1.165, 1.54) is 12.1 Å². The largest absolute Gasteiger partial charge is 0.370 e. The first kappa shape index (κ1) is 11.9. The third-order valence-electron chi connectivity index (χ3n) is 3.60. The molecule has 0 radical (unpaired) electrons. The van der Waals surface area contributed by atoms with Crippen LogP contribution in [-0.4, -0.2) is 16.1 Å². The number of aromatic amines is 1. The first-order valence-corrected chi connectivity index (χ1v) is 6.51. The number of aromatic nitrogens is 2. The maximum absolute atomic E-state index is 13.2. The van der Waals surface area contributed by atoms with E-state index in [9.17, 15) is 9.18 Å². The van der Waals surface area contributed by atoms with Crippen molar-refractivity contribution in [1.29, 1.82) is 0 Å². The Morgan fingerprint density at radius 2 is 2.10 bits per heavy atom. The lowest BCUT2D eigenvalue weighted by Gasteiger charge is -2.13. The van der Waals surface area contributed by atoms with Crippen LogP contribution in [0, 0.1) is 5.82 Å². The van der Waals surface area contributed by atoms with Crippen LogP contribution in [0.1, 0.15) is 11.6 Å². The van der Waals surface area contributed by atoms with E-state index in [-0.39, 0.29) is 11.7 Å². The van der Waals surface area contributed by atoms with Gasteiger partial charge in [-0.2, -0.15) is 5.10 Å². The van der Waals surface area contributed by atoms with Crippen LogP contribution in [0.15, 0.2) is 42.6 Å². The van der Waals surface area contributed by atoms with Crippen LogP contribution in [0.5, 0.6) is 0 Å². The number of fused-ring (bicyclic) bond motifs is 2. The Kier molecular flexibility index (Phi) is 2.44. The summed E-state index contributed by atoms with van der Waals surface area (Å²) in [7, 11) is 0. The van der Waals surface area contributed by atoms with Gasteiger partial charge in [0, 0.05) is 22.3 Å². The van der Waals surface area contributed by atoms with E-state index in [0.29, 0.717) is 5.69 Å². The first-order valence-electron chi connectivity index (χ1n) is 6.51. The van der Waals surface area contributed by atoms with Gasteiger partial charge in [-0.25, -0.2) is 4.39 Å². The van der Waals surface area contributed by atoms with Crippen LogP contribution in [0.2, 0.25) is 0 Å². The molecular weight excluding hydrogens is 271 g/mol. The van der Waals surface area contributed by atoms with Crippen molar-refractivity contribution < 1.29 is 9.18 Å². The lowest BCUT2D eigenvalue weighted by molar-refractivity contribution is -0.116. The highest BCUT2D eigenvalue weighted by Gasteiger charge is 2.30. The maximum atomic E-state index is 13.2. The Morgan fingerprint density at radius 3 is 3.00 bits per heavy atom. The van der Waals surface area contributed by atoms with Crippen molar-refractivity contribution >= 4 is 28.2 Å². The van der Waals surface area contributed by atoms with Gasteiger partial charge in [-0.3, -0.25) is 9.89 Å². The number of carbonyl (C=O) groups is 1. The van der Waals surface area contributed by atoms with Gasteiger partial charge in [-0.15, -0.1) is 0 Å². The molecule has 1 aromatic heterocycles. The topological polar surface area (TPSA) is 69.8 Å². The Labute approximate surface area is 119 Å². The molecule has 5 nitrogen and oxygen atoms in total. The molecule has 3 N–H and O–H groups in total. The van der Waals surface area contributed by atoms with E-state index in [2.05, 4.69) is 20.8 Å². The Bertz CT molecular complexity index is 858. The van der Waals surface area contributed by atoms with Crippen molar-refractivity contribution in [3.63, 3.8) is 0 Å². The summed E-state index contributed by atoms with van der Waals surface area (Å²) < 4.78 is 13.2. The zero-order valence-electron chi connectivity index (χ0n) is 10.9. The van der Waals surface area contributed by atoms with Gasteiger partial charge in [0.15, 0.2) is 0 Å². The van der Waals surface area contributed by atoms with Gasteiger partial charge in [-0.05, 0) is 30.3 Å². The molecule has 0 saturated carbocycles. The van der Waals surface area contributed by atoms with Crippen molar-refractivity contribution in [2.45, 2.75) is 6.04 Å². The Morgan fingerprint density at radius 1 is 1.19 bits per heavy atom. The Hall–Kier alpha value is -2.89. The molecule has 0 bridgehead atoms. The zero-order valence-corrected chi connectivity index (χ0v) is 10.9. The number of anilines is 2. The van der Waals surface area contributed by atoms with E-state index in [4.69, 9.17) is 0 Å². The molecule has 6 heteroatoms. The molecule has 4 rings (SSSR count). The second kappa shape index (κ2) is 4.31. The minimum Gasteiger partial charge on any atom is -0.370 e. The van der Waals surface area contributed by atoms with E-state index in [1.807, 2.05) is 18.2 Å². The monoisotopic (exact) mass is 282 g/mol. The number of nitrogens with one attached hydrogen (secondary N) is 3. The summed E-state index contributed by atoms with van der Waals surface area (Å²) in [6.45, 7) is 0. The van der Waals surface area contributed by atoms with Gasteiger partial charge < -0.3 is 10.6 Å². The van der Waals surface area contributed by atoms with Gasteiger partial charge in [0.1, 0.15) is 11.9 Å². The maximum Gasteiger partial charge on any atom is 0.251 e. The summed E-state index contributed by atoms with van der Waals surface area (Å²) in [6.07, 6.45) is 1.72. The summed E-state index contributed by atoms with van der Waals surface area (Å²) >= 11 is 0. The molecule has 1 amide bonds. The highest BCUT2D eigenvalue weighted by Crippen LogP contribution is 2.34. The van der Waals surface area contributed by atoms with E-state index < -0.39 is 6.04 Å². The lowest BCUT2D eigenvalue weighted by Crippen LogP contribution is -2.19. The fourth-order valence-corrected chi connectivity index (χ4v) is 2.58. The molecule has 1 aliphatic heterocycles. The average molecular weight is 282 g/mol. The number of hydrogen-bond donors (Lipinski definition) is 3. The fourth-order valence-electron chi connectivity index (χ4n) is 2.58. The highest BCUT2D eigenvalue weighted by molar-refractivity contribution is 6.04. The summed E-state index contributed by atoms with van der Waals surface area (Å²) in [5.74, 6) is -0.558. The molecule has 2 aromatic carbocycles. The standard InChI is InChI=1S/C15H11FN4O/c16-9-1-3-11-13(6-9)19-15(21)14(11)18-10-2-4-12-8(5-10)7-17-20-12/h1-7,14,18H,(H,17,20)(H,19,21). The number of amides is 1. The Balaban J connectivity index is 1.69. The van der Waals surface area contributed by atoms with E-state index >= 15 is 0 Å². The quantitative estimate of drug-likeness (QED) is 0.677. The SMILES string of the molecule is O=C1Nc2cc(F)ccc2C1Nc1ccc2[nH]ncc2c1. The van der Waals surface area contributed by atoms with Crippen molar-refractivity contribution in [3.05, 3.63) is 54.0 Å². The number of halogens is 1. The van der Waals surface area contributed by atoms with Crippen molar-refractivity contribution in [3.8, 4) is 0 Å². The van der Waals surface area contributed by atoms with Crippen LogP contribution in [0.3, 0.4) is 0 Å². The molecule has 0 spiro atoms. The molecule has 21 heavy (non-hydrogen) atoms. The molecule has 2 heterocycles. The van der Waals surface area contributed by atoms with Gasteiger partial charge in [0.25, 0.3) is 5.91 Å². The summed E-state index contributed by atoms with van der Waals surface area (Å²) in [4.78, 5) is 12.0. The number of nitrogens with zero attached hydrogens (tertiary/aromatic N) is 1. The van der Waals surface area contributed by atoms with Crippen LogP contribution in [-0.2, 0) is 4.79 Å². The summed E-state index contributed by atoms with van der Waals surface area (Å²) in [5, 5.41) is 13.6. The molecule has 1 aliphatic rings. The van der Waals surface area contributed by atoms with Crippen molar-refractivity contribution in [2.24, 2.45) is 0 Å². The molecule has 0 saturated heterocycles. The predicted molar refractivity (Wildman–Crippen MR) is 77.5 cm³/mol. The highest BCUT2D eigenvalue weighted by atomic mass is 19.1. The van der Waals surface area contributed by atoms with Crippen LogP contribution >= 0.6 is 0 Å². The third kappa shape index (κ3) is 1.92. The predicted octanol–water partition coefficient (Wildman–Crippen LogP) is 2.81. The van der Waals surface area contributed by atoms with Crippen LogP contribution in [0.25, 0.3) is 10.9 Å². The molecule has 0 fully saturated rings. The normalized spacial score (nSPS) is 16.8. The molecule has 1 atom stereocenters. The fraction of sp³-hybridized carbons (Fsp3) is 0.0667. The number of rotatable bonds is 2. The third-order valence-corrected chi connectivity index (χ3v) is 3.60. The smallest absolute Gasteiger partial charge is 0.251 e. The molecule has 3 aromatic rings. The summed E-state index contributed by atoms with van der Waals surface area (Å²) in [5.41, 5.74) is 3.00. The van der Waals surface area contributed by atoms with E-state index in [1.54, 1.807) is 12.3 Å². The second-order valence-corrected chi connectivity index (χ2v) is 4.97. The number of benzene rings is 2. The minimum absolute atomic E-state index is 0.192. The van der Waals surface area contributed by atoms with Gasteiger partial charge in [-0.1, -0.05) is 6.07 Å². The zero-order chi connectivity index (χ0) is 14.4. The molecular formula is C15H11FN4O. The molecule has 0 aliphatic carbocycles. The first-order chi connectivity index (χ1) is 10.2. The molecule has 1 unspecified atom stereocenters. The van der Waals surface area contributed by atoms with Gasteiger partial charge in [0.05, 0.1) is 11.7 Å². The average Bonchev–Trinajstić information content (AvgIpc) is 3.03.